The first-order valence-corrected chi connectivity index (χ1v) is 12.8. The molecular formula is C31H29N3O5. The number of carbonyl (C=O) groups excluding carboxylic acids is 3. The third-order valence-corrected chi connectivity index (χ3v) is 6.69. The van der Waals surface area contributed by atoms with E-state index in [-0.39, 0.29) is 5.57 Å². The molecule has 0 unspecified atom stereocenters. The number of carbonyl (C=O) groups is 3. The SMILES string of the molecule is CCc1ccc(N2C(=O)NC(=O)/C(=C/c3cn(CCCOc4ccccc4OC)c4ccccc34)C2=O)cc1. The molecule has 0 spiro atoms. The van der Waals surface area contributed by atoms with E-state index in [0.29, 0.717) is 35.9 Å². The standard InChI is InChI=1S/C31H29N3O5/c1-3-21-13-15-23(16-14-21)34-30(36)25(29(35)32-31(34)37)19-22-20-33(26-10-5-4-9-24(22)26)17-8-18-39-28-12-7-6-11-27(28)38-2/h4-7,9-16,19-20H,3,8,17-18H2,1-2H3,(H,32,35,37)/b25-19-. The van der Waals surface area contributed by atoms with Crippen LogP contribution in [-0.4, -0.2) is 36.1 Å². The molecule has 3 aromatic carbocycles. The Labute approximate surface area is 226 Å². The highest BCUT2D eigenvalue weighted by atomic mass is 16.5. The van der Waals surface area contributed by atoms with E-state index in [1.54, 1.807) is 25.3 Å². The number of rotatable bonds is 9. The Hall–Kier alpha value is -4.85. The van der Waals surface area contributed by atoms with E-state index < -0.39 is 17.8 Å². The number of amides is 4. The van der Waals surface area contributed by atoms with Gasteiger partial charge in [0.05, 0.1) is 19.4 Å². The normalized spacial score (nSPS) is 14.7. The number of benzene rings is 3. The van der Waals surface area contributed by atoms with Crippen molar-refractivity contribution in [2.45, 2.75) is 26.3 Å². The molecule has 4 amide bonds. The van der Waals surface area contributed by atoms with Crippen molar-refractivity contribution in [1.29, 1.82) is 0 Å². The van der Waals surface area contributed by atoms with Gasteiger partial charge < -0.3 is 14.0 Å². The number of fused-ring (bicyclic) bond motifs is 1. The van der Waals surface area contributed by atoms with Crippen molar-refractivity contribution in [3.63, 3.8) is 0 Å². The van der Waals surface area contributed by atoms with Gasteiger partial charge in [-0.05, 0) is 54.8 Å². The molecule has 8 heteroatoms. The Bertz CT molecular complexity index is 1570. The fourth-order valence-electron chi connectivity index (χ4n) is 4.66. The van der Waals surface area contributed by atoms with Crippen molar-refractivity contribution < 1.29 is 23.9 Å². The maximum absolute atomic E-state index is 13.4. The van der Waals surface area contributed by atoms with Crippen LogP contribution in [0.2, 0.25) is 0 Å². The van der Waals surface area contributed by atoms with Crippen LogP contribution in [0.3, 0.4) is 0 Å². The second-order valence-electron chi connectivity index (χ2n) is 9.13. The van der Waals surface area contributed by atoms with E-state index in [4.69, 9.17) is 9.47 Å². The van der Waals surface area contributed by atoms with Gasteiger partial charge in [0.1, 0.15) is 5.57 Å². The fourth-order valence-corrected chi connectivity index (χ4v) is 4.66. The summed E-state index contributed by atoms with van der Waals surface area (Å²) in [5, 5.41) is 3.20. The molecule has 0 atom stereocenters. The fraction of sp³-hybridized carbons (Fsp3) is 0.194. The highest BCUT2D eigenvalue weighted by Gasteiger charge is 2.37. The van der Waals surface area contributed by atoms with Gasteiger partial charge in [-0.1, -0.05) is 49.4 Å². The second kappa shape index (κ2) is 11.3. The molecule has 0 radical (unpaired) electrons. The van der Waals surface area contributed by atoms with Gasteiger partial charge in [-0.15, -0.1) is 0 Å². The van der Waals surface area contributed by atoms with Gasteiger partial charge in [0.2, 0.25) is 0 Å². The maximum Gasteiger partial charge on any atom is 0.335 e. The van der Waals surface area contributed by atoms with E-state index in [0.717, 1.165) is 34.2 Å². The summed E-state index contributed by atoms with van der Waals surface area (Å²) in [5.74, 6) is -0.00126. The van der Waals surface area contributed by atoms with E-state index in [1.807, 2.05) is 73.8 Å². The highest BCUT2D eigenvalue weighted by Crippen LogP contribution is 2.28. The molecule has 0 saturated carbocycles. The topological polar surface area (TPSA) is 89.9 Å². The number of ether oxygens (including phenoxy) is 2. The summed E-state index contributed by atoms with van der Waals surface area (Å²) in [5.41, 5.74) is 3.07. The lowest BCUT2D eigenvalue weighted by molar-refractivity contribution is -0.122. The van der Waals surface area contributed by atoms with Crippen LogP contribution in [0.1, 0.15) is 24.5 Å². The summed E-state index contributed by atoms with van der Waals surface area (Å²) in [7, 11) is 1.61. The first kappa shape index (κ1) is 25.8. The number of urea groups is 1. The number of aryl methyl sites for hydroxylation is 2. The first-order valence-electron chi connectivity index (χ1n) is 12.8. The molecule has 5 rings (SSSR count). The minimum absolute atomic E-state index is 0.100. The van der Waals surface area contributed by atoms with Crippen LogP contribution in [0.15, 0.2) is 84.6 Å². The molecule has 1 aliphatic rings. The monoisotopic (exact) mass is 523 g/mol. The van der Waals surface area contributed by atoms with Crippen molar-refractivity contribution in [3.05, 3.63) is 95.7 Å². The number of para-hydroxylation sites is 3. The number of nitrogens with one attached hydrogen (secondary N) is 1. The molecule has 2 heterocycles. The molecule has 8 nitrogen and oxygen atoms in total. The number of hydrogen-bond donors (Lipinski definition) is 1. The lowest BCUT2D eigenvalue weighted by Crippen LogP contribution is -2.54. The van der Waals surface area contributed by atoms with E-state index in [2.05, 4.69) is 9.88 Å². The molecule has 4 aromatic rings. The minimum Gasteiger partial charge on any atom is -0.493 e. The molecule has 198 valence electrons. The van der Waals surface area contributed by atoms with E-state index >= 15 is 0 Å². The third-order valence-electron chi connectivity index (χ3n) is 6.69. The van der Waals surface area contributed by atoms with Crippen LogP contribution in [0.4, 0.5) is 10.5 Å². The first-order chi connectivity index (χ1) is 19.0. The molecule has 1 fully saturated rings. The van der Waals surface area contributed by atoms with E-state index in [9.17, 15) is 14.4 Å². The van der Waals surface area contributed by atoms with Crippen molar-refractivity contribution >= 4 is 40.5 Å². The summed E-state index contributed by atoms with van der Waals surface area (Å²) >= 11 is 0. The Kier molecular flexibility index (Phi) is 7.45. The summed E-state index contributed by atoms with van der Waals surface area (Å²) in [6, 6.07) is 21.7. The Balaban J connectivity index is 1.38. The molecule has 1 aliphatic heterocycles. The lowest BCUT2D eigenvalue weighted by atomic mass is 10.1. The number of nitrogens with zero attached hydrogens (tertiary/aromatic N) is 2. The van der Waals surface area contributed by atoms with Crippen LogP contribution in [0, 0.1) is 0 Å². The predicted molar refractivity (Wildman–Crippen MR) is 150 cm³/mol. The van der Waals surface area contributed by atoms with Gasteiger partial charge in [-0.3, -0.25) is 14.9 Å². The molecule has 39 heavy (non-hydrogen) atoms. The van der Waals surface area contributed by atoms with Gasteiger partial charge >= 0.3 is 6.03 Å². The highest BCUT2D eigenvalue weighted by molar-refractivity contribution is 6.39. The van der Waals surface area contributed by atoms with Crippen molar-refractivity contribution in [2.75, 3.05) is 18.6 Å². The van der Waals surface area contributed by atoms with Crippen LogP contribution in [-0.2, 0) is 22.6 Å². The third kappa shape index (κ3) is 5.27. The van der Waals surface area contributed by atoms with E-state index in [1.165, 1.54) is 0 Å². The van der Waals surface area contributed by atoms with Gasteiger partial charge in [-0.2, -0.15) is 0 Å². The number of barbiturate groups is 1. The number of methoxy groups -OCH3 is 1. The average Bonchev–Trinajstić information content (AvgIpc) is 3.31. The van der Waals surface area contributed by atoms with Gasteiger partial charge in [0.25, 0.3) is 11.8 Å². The summed E-state index contributed by atoms with van der Waals surface area (Å²) in [6.07, 6.45) is 5.03. The lowest BCUT2D eigenvalue weighted by Gasteiger charge is -2.26. The van der Waals surface area contributed by atoms with Crippen molar-refractivity contribution in [2.24, 2.45) is 0 Å². The zero-order chi connectivity index (χ0) is 27.4. The molecule has 1 N–H and O–H groups in total. The largest absolute Gasteiger partial charge is 0.493 e. The van der Waals surface area contributed by atoms with Gasteiger partial charge in [0, 0.05) is 29.2 Å². The smallest absolute Gasteiger partial charge is 0.335 e. The molecule has 1 aromatic heterocycles. The number of anilines is 1. The van der Waals surface area contributed by atoms with Crippen LogP contribution in [0.5, 0.6) is 11.5 Å². The minimum atomic E-state index is -0.760. The maximum atomic E-state index is 13.4. The molecule has 0 aliphatic carbocycles. The molecule has 1 saturated heterocycles. The van der Waals surface area contributed by atoms with Crippen molar-refractivity contribution in [3.8, 4) is 11.5 Å². The quantitative estimate of drug-likeness (QED) is 0.182. The van der Waals surface area contributed by atoms with Crippen molar-refractivity contribution in [1.82, 2.24) is 9.88 Å². The number of imide groups is 2. The predicted octanol–water partition coefficient (Wildman–Crippen LogP) is 5.35. The van der Waals surface area contributed by atoms with Gasteiger partial charge in [-0.25, -0.2) is 9.69 Å². The number of hydrogen-bond acceptors (Lipinski definition) is 5. The Morgan fingerprint density at radius 1 is 0.897 bits per heavy atom. The summed E-state index contributed by atoms with van der Waals surface area (Å²) < 4.78 is 13.3. The zero-order valence-corrected chi connectivity index (χ0v) is 21.8. The zero-order valence-electron chi connectivity index (χ0n) is 21.8. The average molecular weight is 524 g/mol. The molecule has 0 bridgehead atoms. The molecular weight excluding hydrogens is 494 g/mol. The Morgan fingerprint density at radius 2 is 1.62 bits per heavy atom. The number of aromatic nitrogens is 1. The summed E-state index contributed by atoms with van der Waals surface area (Å²) in [6.45, 7) is 3.17. The second-order valence-corrected chi connectivity index (χ2v) is 9.13. The Morgan fingerprint density at radius 3 is 2.36 bits per heavy atom. The van der Waals surface area contributed by atoms with Crippen LogP contribution >= 0.6 is 0 Å². The van der Waals surface area contributed by atoms with Gasteiger partial charge in [0.15, 0.2) is 11.5 Å². The van der Waals surface area contributed by atoms with Crippen LogP contribution in [0.25, 0.3) is 17.0 Å². The summed E-state index contributed by atoms with van der Waals surface area (Å²) in [4.78, 5) is 39.7. The van der Waals surface area contributed by atoms with Crippen LogP contribution < -0.4 is 19.7 Å².